The number of rotatable bonds is 8. The zero-order valence-corrected chi connectivity index (χ0v) is 19.2. The lowest BCUT2D eigenvalue weighted by atomic mass is 10.1. The average molecular weight is 454 g/mol. The molecule has 0 bridgehead atoms. The molecule has 0 aliphatic rings. The van der Waals surface area contributed by atoms with Crippen molar-refractivity contribution in [2.24, 2.45) is 0 Å². The molecule has 2 amide bonds. The minimum atomic E-state index is -3.90. The van der Waals surface area contributed by atoms with E-state index in [0.717, 1.165) is 20.6 Å². The number of likely N-dealkylation sites (N-methyl/N-ethyl adjacent to an activating group) is 2. The summed E-state index contributed by atoms with van der Waals surface area (Å²) in [5, 5.41) is 4.28. The number of nitrogens with one attached hydrogen (secondary N) is 1. The molecule has 3 aromatic carbocycles. The van der Waals surface area contributed by atoms with E-state index < -0.39 is 22.0 Å². The fourth-order valence-corrected chi connectivity index (χ4v) is 4.60. The summed E-state index contributed by atoms with van der Waals surface area (Å²) in [5.41, 5.74) is 0.844. The number of nitrogens with zero attached hydrogens (tertiary/aromatic N) is 2. The van der Waals surface area contributed by atoms with Crippen LogP contribution in [0.4, 0.5) is 0 Å². The standard InChI is InChI=1S/C24H27N3O4S/c1-18(24(29)25-2)27(16-19-9-5-4-6-10-19)23(28)17-26(3)32(30,31)22-14-13-20-11-7-8-12-21(20)15-22/h4-15,18H,16-17H2,1-3H3,(H,25,29)/t18-/m0/s1. The molecule has 32 heavy (non-hydrogen) atoms. The Morgan fingerprint density at radius 1 is 0.938 bits per heavy atom. The molecule has 0 aliphatic carbocycles. The molecular weight excluding hydrogens is 426 g/mol. The monoisotopic (exact) mass is 453 g/mol. The Hall–Kier alpha value is -3.23. The van der Waals surface area contributed by atoms with Gasteiger partial charge >= 0.3 is 0 Å². The molecule has 0 saturated carbocycles. The van der Waals surface area contributed by atoms with Crippen LogP contribution in [0.25, 0.3) is 10.8 Å². The van der Waals surface area contributed by atoms with E-state index in [4.69, 9.17) is 0 Å². The zero-order chi connectivity index (χ0) is 23.3. The van der Waals surface area contributed by atoms with Crippen LogP contribution in [0.3, 0.4) is 0 Å². The highest BCUT2D eigenvalue weighted by Gasteiger charge is 2.30. The number of carbonyl (C=O) groups is 2. The third kappa shape index (κ3) is 5.15. The maximum atomic E-state index is 13.2. The van der Waals surface area contributed by atoms with Gasteiger partial charge in [-0.05, 0) is 35.4 Å². The Morgan fingerprint density at radius 2 is 1.56 bits per heavy atom. The molecule has 0 saturated heterocycles. The van der Waals surface area contributed by atoms with Crippen molar-refractivity contribution in [1.29, 1.82) is 0 Å². The summed E-state index contributed by atoms with van der Waals surface area (Å²) >= 11 is 0. The van der Waals surface area contributed by atoms with Crippen molar-refractivity contribution in [3.8, 4) is 0 Å². The Kier molecular flexibility index (Phi) is 7.27. The van der Waals surface area contributed by atoms with Crippen LogP contribution < -0.4 is 5.32 Å². The summed E-state index contributed by atoms with van der Waals surface area (Å²) in [6.45, 7) is 1.43. The minimum Gasteiger partial charge on any atom is -0.357 e. The second-order valence-electron chi connectivity index (χ2n) is 7.57. The van der Waals surface area contributed by atoms with Gasteiger partial charge in [0, 0.05) is 20.6 Å². The molecule has 0 spiro atoms. The van der Waals surface area contributed by atoms with Gasteiger partial charge in [0.1, 0.15) is 6.04 Å². The number of hydrogen-bond donors (Lipinski definition) is 1. The first-order valence-corrected chi connectivity index (χ1v) is 11.7. The van der Waals surface area contributed by atoms with Gasteiger partial charge < -0.3 is 10.2 Å². The molecular formula is C24H27N3O4S. The first-order chi connectivity index (χ1) is 15.2. The van der Waals surface area contributed by atoms with Gasteiger partial charge in [-0.2, -0.15) is 4.31 Å². The number of sulfonamides is 1. The Morgan fingerprint density at radius 3 is 2.22 bits per heavy atom. The van der Waals surface area contributed by atoms with Crippen molar-refractivity contribution < 1.29 is 18.0 Å². The molecule has 0 heterocycles. The smallest absolute Gasteiger partial charge is 0.243 e. The molecule has 1 atom stereocenters. The lowest BCUT2D eigenvalue weighted by molar-refractivity contribution is -0.140. The van der Waals surface area contributed by atoms with Gasteiger partial charge in [-0.25, -0.2) is 8.42 Å². The lowest BCUT2D eigenvalue weighted by Crippen LogP contribution is -2.50. The van der Waals surface area contributed by atoms with Crippen molar-refractivity contribution in [3.05, 3.63) is 78.4 Å². The van der Waals surface area contributed by atoms with Gasteiger partial charge in [0.25, 0.3) is 0 Å². The van der Waals surface area contributed by atoms with Crippen LogP contribution in [0.2, 0.25) is 0 Å². The first kappa shape index (κ1) is 23.4. The third-order valence-electron chi connectivity index (χ3n) is 5.40. The van der Waals surface area contributed by atoms with E-state index in [1.807, 2.05) is 54.6 Å². The van der Waals surface area contributed by atoms with Gasteiger partial charge in [-0.1, -0.05) is 60.7 Å². The van der Waals surface area contributed by atoms with Gasteiger partial charge in [0.2, 0.25) is 21.8 Å². The van der Waals surface area contributed by atoms with E-state index >= 15 is 0 Å². The van der Waals surface area contributed by atoms with Crippen molar-refractivity contribution in [3.63, 3.8) is 0 Å². The van der Waals surface area contributed by atoms with Crippen molar-refractivity contribution in [1.82, 2.24) is 14.5 Å². The minimum absolute atomic E-state index is 0.112. The van der Waals surface area contributed by atoms with Gasteiger partial charge in [-0.3, -0.25) is 9.59 Å². The van der Waals surface area contributed by atoms with E-state index in [1.54, 1.807) is 19.1 Å². The van der Waals surface area contributed by atoms with Crippen LogP contribution in [-0.2, 0) is 26.2 Å². The second kappa shape index (κ2) is 9.93. The predicted octanol–water partition coefficient (Wildman–Crippen LogP) is 2.62. The quantitative estimate of drug-likeness (QED) is 0.568. The zero-order valence-electron chi connectivity index (χ0n) is 18.4. The highest BCUT2D eigenvalue weighted by Crippen LogP contribution is 2.21. The topological polar surface area (TPSA) is 86.8 Å². The third-order valence-corrected chi connectivity index (χ3v) is 7.20. The lowest BCUT2D eigenvalue weighted by Gasteiger charge is -2.30. The van der Waals surface area contributed by atoms with Crippen LogP contribution in [-0.4, -0.2) is 56.1 Å². The van der Waals surface area contributed by atoms with Crippen LogP contribution in [0, 0.1) is 0 Å². The fraction of sp³-hybridized carbons (Fsp3) is 0.250. The van der Waals surface area contributed by atoms with E-state index in [1.165, 1.54) is 25.1 Å². The summed E-state index contributed by atoms with van der Waals surface area (Å²) in [7, 11) is -1.03. The van der Waals surface area contributed by atoms with E-state index in [0.29, 0.717) is 0 Å². The Balaban J connectivity index is 1.83. The van der Waals surface area contributed by atoms with E-state index in [9.17, 15) is 18.0 Å². The summed E-state index contributed by atoms with van der Waals surface area (Å²) in [4.78, 5) is 26.9. The number of carbonyl (C=O) groups excluding carboxylic acids is 2. The Labute approximate surface area is 188 Å². The molecule has 168 valence electrons. The normalized spacial score (nSPS) is 12.5. The molecule has 8 heteroatoms. The van der Waals surface area contributed by atoms with E-state index in [-0.39, 0.29) is 23.9 Å². The predicted molar refractivity (Wildman–Crippen MR) is 124 cm³/mol. The molecule has 0 unspecified atom stereocenters. The molecule has 0 aromatic heterocycles. The number of amides is 2. The molecule has 0 radical (unpaired) electrons. The molecule has 0 fully saturated rings. The van der Waals surface area contributed by atoms with Crippen molar-refractivity contribution in [2.75, 3.05) is 20.6 Å². The molecule has 3 aromatic rings. The summed E-state index contributed by atoms with van der Waals surface area (Å²) in [5.74, 6) is -0.786. The highest BCUT2D eigenvalue weighted by molar-refractivity contribution is 7.89. The number of fused-ring (bicyclic) bond motifs is 1. The summed E-state index contributed by atoms with van der Waals surface area (Å²) in [6, 6.07) is 20.8. The van der Waals surface area contributed by atoms with Crippen LogP contribution >= 0.6 is 0 Å². The second-order valence-corrected chi connectivity index (χ2v) is 9.61. The van der Waals surface area contributed by atoms with Gasteiger partial charge in [-0.15, -0.1) is 0 Å². The van der Waals surface area contributed by atoms with Gasteiger partial charge in [0.15, 0.2) is 0 Å². The van der Waals surface area contributed by atoms with Crippen LogP contribution in [0.5, 0.6) is 0 Å². The maximum Gasteiger partial charge on any atom is 0.243 e. The largest absolute Gasteiger partial charge is 0.357 e. The average Bonchev–Trinajstić information content (AvgIpc) is 2.81. The molecule has 1 N–H and O–H groups in total. The van der Waals surface area contributed by atoms with Crippen molar-refractivity contribution >= 4 is 32.6 Å². The molecule has 0 aliphatic heterocycles. The summed E-state index contributed by atoms with van der Waals surface area (Å²) < 4.78 is 27.3. The fourth-order valence-electron chi connectivity index (χ4n) is 3.45. The van der Waals surface area contributed by atoms with Crippen LogP contribution in [0.1, 0.15) is 12.5 Å². The number of hydrogen-bond acceptors (Lipinski definition) is 4. The first-order valence-electron chi connectivity index (χ1n) is 10.2. The van der Waals surface area contributed by atoms with Crippen LogP contribution in [0.15, 0.2) is 77.7 Å². The highest BCUT2D eigenvalue weighted by atomic mass is 32.2. The summed E-state index contributed by atoms with van der Waals surface area (Å²) in [6.07, 6.45) is 0. The van der Waals surface area contributed by atoms with E-state index in [2.05, 4.69) is 5.32 Å². The maximum absolute atomic E-state index is 13.2. The van der Waals surface area contributed by atoms with Crippen molar-refractivity contribution in [2.45, 2.75) is 24.4 Å². The molecule has 3 rings (SSSR count). The molecule has 7 nitrogen and oxygen atoms in total. The SMILES string of the molecule is CNC(=O)[C@H](C)N(Cc1ccccc1)C(=O)CN(C)S(=O)(=O)c1ccc2ccccc2c1. The number of benzene rings is 3. The van der Waals surface area contributed by atoms with Gasteiger partial charge in [0.05, 0.1) is 11.4 Å². The Bertz CT molecular complexity index is 1210.